The van der Waals surface area contributed by atoms with E-state index in [0.717, 1.165) is 4.31 Å². The van der Waals surface area contributed by atoms with E-state index in [1.165, 1.54) is 0 Å². The van der Waals surface area contributed by atoms with Crippen molar-refractivity contribution in [3.8, 4) is 0 Å². The van der Waals surface area contributed by atoms with Gasteiger partial charge in [-0.3, -0.25) is 4.79 Å². The number of carbonyl (C=O) groups excluding carboxylic acids is 1. The molecule has 1 fully saturated rings. The minimum atomic E-state index is -3.71. The molecule has 5 nitrogen and oxygen atoms in total. The van der Waals surface area contributed by atoms with Gasteiger partial charge >= 0.3 is 0 Å². The van der Waals surface area contributed by atoms with Crippen LogP contribution in [0.5, 0.6) is 0 Å². The number of nitrogens with zero attached hydrogens (tertiary/aromatic N) is 1. The fraction of sp³-hybridized carbons (Fsp3) is 0.462. The van der Waals surface area contributed by atoms with Gasteiger partial charge in [0.05, 0.1) is 24.3 Å². The highest BCUT2D eigenvalue weighted by molar-refractivity contribution is 7.89. The monoisotopic (exact) mass is 283 g/mol. The first-order valence-electron chi connectivity index (χ1n) is 6.22. The third kappa shape index (κ3) is 2.50. The van der Waals surface area contributed by atoms with Crippen molar-refractivity contribution in [1.29, 1.82) is 0 Å². The lowest BCUT2D eigenvalue weighted by Gasteiger charge is -2.44. The maximum absolute atomic E-state index is 12.2. The van der Waals surface area contributed by atoms with Gasteiger partial charge < -0.3 is 5.11 Å². The SMILES string of the molecule is CCC1C(=O)N(S(=O)(=O)Cc2ccccc2)C1CO. The first kappa shape index (κ1) is 14.0. The van der Waals surface area contributed by atoms with Crippen LogP contribution in [0.2, 0.25) is 0 Å². The molecule has 1 aromatic rings. The quantitative estimate of drug-likeness (QED) is 0.809. The summed E-state index contributed by atoms with van der Waals surface area (Å²) in [6, 6.07) is 8.10. The van der Waals surface area contributed by atoms with Crippen LogP contribution in [0.4, 0.5) is 0 Å². The predicted octanol–water partition coefficient (Wildman–Crippen LogP) is 0.746. The summed E-state index contributed by atoms with van der Waals surface area (Å²) in [4.78, 5) is 11.8. The molecule has 1 N–H and O–H groups in total. The van der Waals surface area contributed by atoms with Gasteiger partial charge in [0.1, 0.15) is 0 Å². The number of aliphatic hydroxyl groups is 1. The molecule has 0 radical (unpaired) electrons. The van der Waals surface area contributed by atoms with E-state index in [-0.39, 0.29) is 18.3 Å². The molecule has 0 saturated carbocycles. The van der Waals surface area contributed by atoms with Crippen molar-refractivity contribution < 1.29 is 18.3 Å². The Morgan fingerprint density at radius 1 is 1.26 bits per heavy atom. The Hall–Kier alpha value is -1.40. The van der Waals surface area contributed by atoms with E-state index in [2.05, 4.69) is 0 Å². The summed E-state index contributed by atoms with van der Waals surface area (Å²) < 4.78 is 25.3. The summed E-state index contributed by atoms with van der Waals surface area (Å²) in [5.74, 6) is -1.000. The van der Waals surface area contributed by atoms with Crippen LogP contribution in [0.25, 0.3) is 0 Å². The summed E-state index contributed by atoms with van der Waals surface area (Å²) in [6.07, 6.45) is 0.543. The lowest BCUT2D eigenvalue weighted by Crippen LogP contribution is -2.64. The molecule has 1 heterocycles. The minimum absolute atomic E-state index is 0.216. The molecule has 2 unspecified atom stereocenters. The lowest BCUT2D eigenvalue weighted by atomic mass is 9.89. The molecule has 0 aliphatic carbocycles. The van der Waals surface area contributed by atoms with Gasteiger partial charge in [0.15, 0.2) is 0 Å². The van der Waals surface area contributed by atoms with Gasteiger partial charge in [0.2, 0.25) is 15.9 Å². The summed E-state index contributed by atoms with van der Waals surface area (Å²) in [7, 11) is -3.71. The first-order valence-corrected chi connectivity index (χ1v) is 7.83. The van der Waals surface area contributed by atoms with Crippen molar-refractivity contribution in [2.75, 3.05) is 6.61 Å². The molecule has 0 spiro atoms. The lowest BCUT2D eigenvalue weighted by molar-refractivity contribution is -0.148. The predicted molar refractivity (Wildman–Crippen MR) is 70.6 cm³/mol. The van der Waals surface area contributed by atoms with Gasteiger partial charge in [-0.2, -0.15) is 0 Å². The highest BCUT2D eigenvalue weighted by atomic mass is 32.2. The van der Waals surface area contributed by atoms with E-state index in [0.29, 0.717) is 12.0 Å². The Labute approximate surface area is 112 Å². The minimum Gasteiger partial charge on any atom is -0.394 e. The van der Waals surface area contributed by atoms with Crippen LogP contribution >= 0.6 is 0 Å². The fourth-order valence-corrected chi connectivity index (χ4v) is 4.21. The van der Waals surface area contributed by atoms with E-state index in [9.17, 15) is 18.3 Å². The third-order valence-corrected chi connectivity index (χ3v) is 5.17. The summed E-state index contributed by atoms with van der Waals surface area (Å²) in [6.45, 7) is 1.49. The van der Waals surface area contributed by atoms with Gasteiger partial charge in [-0.05, 0) is 12.0 Å². The van der Waals surface area contributed by atoms with Crippen LogP contribution in [0.15, 0.2) is 30.3 Å². The number of benzene rings is 1. The number of rotatable bonds is 5. The van der Waals surface area contributed by atoms with Crippen LogP contribution in [0, 0.1) is 5.92 Å². The third-order valence-electron chi connectivity index (χ3n) is 3.42. The smallest absolute Gasteiger partial charge is 0.241 e. The van der Waals surface area contributed by atoms with Crippen molar-refractivity contribution in [2.24, 2.45) is 5.92 Å². The Balaban J connectivity index is 2.19. The Bertz CT molecular complexity index is 555. The molecule has 0 aromatic heterocycles. The molecule has 6 heteroatoms. The van der Waals surface area contributed by atoms with Crippen LogP contribution in [-0.2, 0) is 20.6 Å². The molecular formula is C13H17NO4S. The van der Waals surface area contributed by atoms with Crippen molar-refractivity contribution in [3.63, 3.8) is 0 Å². The Morgan fingerprint density at radius 3 is 2.42 bits per heavy atom. The molecule has 1 aromatic carbocycles. The fourth-order valence-electron chi connectivity index (χ4n) is 2.42. The standard InChI is InChI=1S/C13H17NO4S/c1-2-11-12(8-15)14(13(11)16)19(17,18)9-10-6-4-3-5-7-10/h3-7,11-12,15H,2,8-9H2,1H3. The molecule has 1 amide bonds. The highest BCUT2D eigenvalue weighted by Crippen LogP contribution is 2.33. The Kier molecular flexibility index (Phi) is 3.91. The van der Waals surface area contributed by atoms with Gasteiger partial charge in [-0.25, -0.2) is 12.7 Å². The molecule has 19 heavy (non-hydrogen) atoms. The van der Waals surface area contributed by atoms with E-state index in [1.54, 1.807) is 30.3 Å². The number of hydrogen-bond donors (Lipinski definition) is 1. The topological polar surface area (TPSA) is 74.7 Å². The van der Waals surface area contributed by atoms with Gasteiger partial charge in [0, 0.05) is 0 Å². The van der Waals surface area contributed by atoms with Crippen LogP contribution in [0.1, 0.15) is 18.9 Å². The number of amides is 1. The summed E-state index contributed by atoms with van der Waals surface area (Å²) in [5.41, 5.74) is 0.631. The zero-order valence-corrected chi connectivity index (χ0v) is 11.5. The molecular weight excluding hydrogens is 266 g/mol. The second-order valence-electron chi connectivity index (χ2n) is 4.64. The summed E-state index contributed by atoms with van der Waals surface area (Å²) in [5, 5.41) is 9.25. The van der Waals surface area contributed by atoms with Crippen LogP contribution < -0.4 is 0 Å². The zero-order valence-electron chi connectivity index (χ0n) is 10.7. The van der Waals surface area contributed by atoms with Gasteiger partial charge in [-0.15, -0.1) is 0 Å². The average molecular weight is 283 g/mol. The Morgan fingerprint density at radius 2 is 1.89 bits per heavy atom. The molecule has 1 saturated heterocycles. The highest BCUT2D eigenvalue weighted by Gasteiger charge is 2.51. The van der Waals surface area contributed by atoms with Crippen molar-refractivity contribution in [1.82, 2.24) is 4.31 Å². The van der Waals surface area contributed by atoms with Crippen molar-refractivity contribution in [2.45, 2.75) is 25.1 Å². The van der Waals surface area contributed by atoms with E-state index < -0.39 is 22.0 Å². The van der Waals surface area contributed by atoms with Crippen LogP contribution in [-0.4, -0.2) is 36.4 Å². The van der Waals surface area contributed by atoms with Gasteiger partial charge in [0.25, 0.3) is 0 Å². The molecule has 104 valence electrons. The first-order chi connectivity index (χ1) is 9.01. The van der Waals surface area contributed by atoms with Crippen molar-refractivity contribution in [3.05, 3.63) is 35.9 Å². The number of carbonyl (C=O) groups is 1. The largest absolute Gasteiger partial charge is 0.394 e. The second-order valence-corrected chi connectivity index (χ2v) is 6.49. The molecule has 1 aliphatic rings. The molecule has 2 atom stereocenters. The van der Waals surface area contributed by atoms with E-state index in [1.807, 2.05) is 6.92 Å². The van der Waals surface area contributed by atoms with Crippen molar-refractivity contribution >= 4 is 15.9 Å². The maximum atomic E-state index is 12.2. The number of sulfonamides is 1. The summed E-state index contributed by atoms with van der Waals surface area (Å²) >= 11 is 0. The van der Waals surface area contributed by atoms with Gasteiger partial charge in [-0.1, -0.05) is 37.3 Å². The molecule has 1 aliphatic heterocycles. The maximum Gasteiger partial charge on any atom is 0.241 e. The molecule has 2 rings (SSSR count). The number of aliphatic hydroxyl groups excluding tert-OH is 1. The number of β-lactam (4-membered cyclic amide) rings is 1. The average Bonchev–Trinajstić information content (AvgIpc) is 2.36. The van der Waals surface area contributed by atoms with Crippen LogP contribution in [0.3, 0.4) is 0 Å². The normalized spacial score (nSPS) is 23.3. The number of hydrogen-bond acceptors (Lipinski definition) is 4. The zero-order chi connectivity index (χ0) is 14.0. The van der Waals surface area contributed by atoms with E-state index in [4.69, 9.17) is 0 Å². The second kappa shape index (κ2) is 5.30. The van der Waals surface area contributed by atoms with E-state index >= 15 is 0 Å². The molecule has 0 bridgehead atoms.